The first kappa shape index (κ1) is 22.7. The number of nitrogens with zero attached hydrogens (tertiary/aromatic N) is 2. The second-order valence-corrected chi connectivity index (χ2v) is 7.85. The van der Waals surface area contributed by atoms with Gasteiger partial charge in [-0.25, -0.2) is 4.68 Å². The van der Waals surface area contributed by atoms with Crippen molar-refractivity contribution in [2.24, 2.45) is 5.92 Å². The molecule has 0 spiro atoms. The van der Waals surface area contributed by atoms with E-state index in [1.54, 1.807) is 18.9 Å². The summed E-state index contributed by atoms with van der Waals surface area (Å²) in [4.78, 5) is 12.1. The lowest BCUT2D eigenvalue weighted by Crippen LogP contribution is -2.35. The number of nitrogens with one attached hydrogen (secondary N) is 1. The summed E-state index contributed by atoms with van der Waals surface area (Å²) >= 11 is 0. The Labute approximate surface area is 193 Å². The molecule has 0 radical (unpaired) electrons. The molecule has 0 saturated carbocycles. The topological polar surface area (TPSA) is 83.8 Å². The molecule has 0 atom stereocenters. The van der Waals surface area contributed by atoms with Crippen LogP contribution in [0.1, 0.15) is 12.8 Å². The summed E-state index contributed by atoms with van der Waals surface area (Å²) < 4.78 is 23.5. The highest BCUT2D eigenvalue weighted by atomic mass is 16.5. The smallest absolute Gasteiger partial charge is 0.257 e. The van der Waals surface area contributed by atoms with Gasteiger partial charge in [-0.3, -0.25) is 4.79 Å². The number of carbonyl (C=O) groups is 1. The van der Waals surface area contributed by atoms with Crippen LogP contribution in [-0.2, 0) is 9.53 Å². The summed E-state index contributed by atoms with van der Waals surface area (Å²) in [5.74, 6) is 2.39. The molecule has 1 amide bonds. The molecule has 8 heteroatoms. The fourth-order valence-corrected chi connectivity index (χ4v) is 3.69. The maximum absolute atomic E-state index is 12.1. The SMILES string of the molecule is COc1ccc(-n2nc(-c3ccc(OCC(=O)NCC4CCOCC4)cc3)cc2OC)cc1. The summed E-state index contributed by atoms with van der Waals surface area (Å²) in [6, 6.07) is 17.0. The highest BCUT2D eigenvalue weighted by molar-refractivity contribution is 5.77. The highest BCUT2D eigenvalue weighted by Crippen LogP contribution is 2.28. The number of ether oxygens (including phenoxy) is 4. The highest BCUT2D eigenvalue weighted by Gasteiger charge is 2.15. The molecule has 1 aliphatic rings. The van der Waals surface area contributed by atoms with E-state index in [0.29, 0.717) is 24.1 Å². The quantitative estimate of drug-likeness (QED) is 0.536. The molecule has 0 unspecified atom stereocenters. The third-order valence-electron chi connectivity index (χ3n) is 5.65. The zero-order valence-electron chi connectivity index (χ0n) is 19.0. The minimum absolute atomic E-state index is 0.0114. The van der Waals surface area contributed by atoms with Gasteiger partial charge in [0.25, 0.3) is 5.91 Å². The molecule has 4 rings (SSSR count). The summed E-state index contributed by atoms with van der Waals surface area (Å²) in [6.45, 7) is 2.20. The number of hydrogen-bond donors (Lipinski definition) is 1. The molecule has 8 nitrogen and oxygen atoms in total. The van der Waals surface area contributed by atoms with Gasteiger partial charge in [-0.1, -0.05) is 0 Å². The zero-order chi connectivity index (χ0) is 23.0. The van der Waals surface area contributed by atoms with Crippen molar-refractivity contribution in [3.8, 4) is 34.3 Å². The molecule has 33 heavy (non-hydrogen) atoms. The van der Waals surface area contributed by atoms with Crippen LogP contribution < -0.4 is 19.5 Å². The largest absolute Gasteiger partial charge is 0.497 e. The number of carbonyl (C=O) groups excluding carboxylic acids is 1. The number of aromatic nitrogens is 2. The lowest BCUT2D eigenvalue weighted by atomic mass is 10.0. The van der Waals surface area contributed by atoms with Gasteiger partial charge in [0.1, 0.15) is 11.5 Å². The Morgan fingerprint density at radius 1 is 1.03 bits per heavy atom. The van der Waals surface area contributed by atoms with Gasteiger partial charge in [-0.15, -0.1) is 0 Å². The van der Waals surface area contributed by atoms with E-state index in [2.05, 4.69) is 10.4 Å². The minimum Gasteiger partial charge on any atom is -0.497 e. The van der Waals surface area contributed by atoms with E-state index >= 15 is 0 Å². The normalized spacial score (nSPS) is 14.0. The van der Waals surface area contributed by atoms with Gasteiger partial charge in [0.05, 0.1) is 25.6 Å². The van der Waals surface area contributed by atoms with Crippen molar-refractivity contribution < 1.29 is 23.7 Å². The molecular formula is C25H29N3O5. The van der Waals surface area contributed by atoms with E-state index in [4.69, 9.17) is 18.9 Å². The molecule has 2 aromatic carbocycles. The molecule has 174 valence electrons. The molecule has 0 bridgehead atoms. The fraction of sp³-hybridized carbons (Fsp3) is 0.360. The van der Waals surface area contributed by atoms with Crippen molar-refractivity contribution >= 4 is 5.91 Å². The van der Waals surface area contributed by atoms with Gasteiger partial charge in [0, 0.05) is 31.4 Å². The molecule has 2 heterocycles. The Morgan fingerprint density at radius 2 is 1.73 bits per heavy atom. The minimum atomic E-state index is -0.117. The zero-order valence-corrected chi connectivity index (χ0v) is 19.0. The molecule has 1 aliphatic heterocycles. The van der Waals surface area contributed by atoms with Crippen LogP contribution in [0.4, 0.5) is 0 Å². The van der Waals surface area contributed by atoms with Crippen LogP contribution in [0.3, 0.4) is 0 Å². The van der Waals surface area contributed by atoms with E-state index in [1.807, 2.05) is 54.6 Å². The maximum atomic E-state index is 12.1. The van der Waals surface area contributed by atoms with Crippen molar-refractivity contribution in [1.29, 1.82) is 0 Å². The Morgan fingerprint density at radius 3 is 2.39 bits per heavy atom. The van der Waals surface area contributed by atoms with E-state index in [1.165, 1.54) is 0 Å². The average Bonchev–Trinajstić information content (AvgIpc) is 3.32. The van der Waals surface area contributed by atoms with E-state index in [-0.39, 0.29) is 12.5 Å². The van der Waals surface area contributed by atoms with Crippen LogP contribution in [-0.4, -0.2) is 56.3 Å². The number of methoxy groups -OCH3 is 2. The van der Waals surface area contributed by atoms with E-state index in [0.717, 1.165) is 48.7 Å². The van der Waals surface area contributed by atoms with Gasteiger partial charge in [-0.2, -0.15) is 5.10 Å². The molecule has 1 N–H and O–H groups in total. The number of benzene rings is 2. The predicted molar refractivity (Wildman–Crippen MR) is 124 cm³/mol. The Hall–Kier alpha value is -3.52. The first-order valence-electron chi connectivity index (χ1n) is 11.0. The van der Waals surface area contributed by atoms with Crippen LogP contribution in [0, 0.1) is 5.92 Å². The molecule has 1 saturated heterocycles. The Bertz CT molecular complexity index is 1040. The van der Waals surface area contributed by atoms with E-state index in [9.17, 15) is 4.79 Å². The van der Waals surface area contributed by atoms with Crippen molar-refractivity contribution in [3.05, 3.63) is 54.6 Å². The molecular weight excluding hydrogens is 422 g/mol. The molecule has 0 aliphatic carbocycles. The van der Waals surface area contributed by atoms with Gasteiger partial charge in [0.2, 0.25) is 5.88 Å². The third kappa shape index (κ3) is 5.84. The summed E-state index contributed by atoms with van der Waals surface area (Å²) in [7, 11) is 3.25. The van der Waals surface area contributed by atoms with Crippen molar-refractivity contribution in [2.45, 2.75) is 12.8 Å². The summed E-state index contributed by atoms with van der Waals surface area (Å²) in [5, 5.41) is 7.63. The average molecular weight is 452 g/mol. The fourth-order valence-electron chi connectivity index (χ4n) is 3.69. The molecule has 3 aromatic rings. The van der Waals surface area contributed by atoms with E-state index < -0.39 is 0 Å². The Balaban J connectivity index is 1.35. The predicted octanol–water partition coefficient (Wildman–Crippen LogP) is 3.48. The second kappa shape index (κ2) is 10.9. The number of hydrogen-bond acceptors (Lipinski definition) is 6. The van der Waals surface area contributed by atoms with Gasteiger partial charge in [-0.05, 0) is 67.3 Å². The lowest BCUT2D eigenvalue weighted by molar-refractivity contribution is -0.123. The lowest BCUT2D eigenvalue weighted by Gasteiger charge is -2.22. The van der Waals surface area contributed by atoms with Crippen molar-refractivity contribution in [1.82, 2.24) is 15.1 Å². The number of rotatable bonds is 9. The monoisotopic (exact) mass is 451 g/mol. The van der Waals surface area contributed by atoms with Crippen LogP contribution >= 0.6 is 0 Å². The third-order valence-corrected chi connectivity index (χ3v) is 5.65. The number of amides is 1. The Kier molecular flexibility index (Phi) is 7.47. The van der Waals surface area contributed by atoms with Crippen LogP contribution in [0.25, 0.3) is 16.9 Å². The summed E-state index contributed by atoms with van der Waals surface area (Å²) in [5.41, 5.74) is 2.55. The first-order valence-corrected chi connectivity index (χ1v) is 11.0. The van der Waals surface area contributed by atoms with Crippen molar-refractivity contribution in [3.63, 3.8) is 0 Å². The maximum Gasteiger partial charge on any atom is 0.257 e. The molecule has 1 fully saturated rings. The first-order chi connectivity index (χ1) is 16.2. The van der Waals surface area contributed by atoms with Gasteiger partial charge in [0.15, 0.2) is 6.61 Å². The van der Waals surface area contributed by atoms with Crippen LogP contribution in [0.2, 0.25) is 0 Å². The van der Waals surface area contributed by atoms with Gasteiger partial charge >= 0.3 is 0 Å². The van der Waals surface area contributed by atoms with Crippen LogP contribution in [0.15, 0.2) is 54.6 Å². The molecule has 1 aromatic heterocycles. The van der Waals surface area contributed by atoms with Crippen LogP contribution in [0.5, 0.6) is 17.4 Å². The van der Waals surface area contributed by atoms with Gasteiger partial charge < -0.3 is 24.3 Å². The second-order valence-electron chi connectivity index (χ2n) is 7.85. The summed E-state index contributed by atoms with van der Waals surface area (Å²) in [6.07, 6.45) is 1.98. The van der Waals surface area contributed by atoms with Crippen molar-refractivity contribution in [2.75, 3.05) is 40.6 Å². The standard InChI is InChI=1S/C25H29N3O5/c1-30-21-9-5-20(6-10-21)28-25(31-2)15-23(27-28)19-3-7-22(8-4-19)33-17-24(29)26-16-18-11-13-32-14-12-18/h3-10,15,18H,11-14,16-17H2,1-2H3,(H,26,29).